The second kappa shape index (κ2) is 10.2. The second-order valence-corrected chi connectivity index (χ2v) is 11.6. The average Bonchev–Trinajstić information content (AvgIpc) is 3.21. The first-order valence-electron chi connectivity index (χ1n) is 11.5. The highest BCUT2D eigenvalue weighted by atomic mass is 32.2. The minimum atomic E-state index is -3.31. The van der Waals surface area contributed by atoms with E-state index in [4.69, 9.17) is 0 Å². The number of aromatic nitrogens is 1. The van der Waals surface area contributed by atoms with E-state index in [0.717, 1.165) is 29.8 Å². The van der Waals surface area contributed by atoms with Crippen molar-refractivity contribution in [1.29, 1.82) is 0 Å². The van der Waals surface area contributed by atoms with E-state index in [-0.39, 0.29) is 10.8 Å². The number of rotatable bonds is 7. The lowest BCUT2D eigenvalue weighted by Crippen LogP contribution is -2.36. The van der Waals surface area contributed by atoms with Crippen LogP contribution in [-0.2, 0) is 14.6 Å². The van der Waals surface area contributed by atoms with E-state index in [1.54, 1.807) is 18.2 Å². The van der Waals surface area contributed by atoms with Crippen LogP contribution in [-0.4, -0.2) is 38.2 Å². The van der Waals surface area contributed by atoms with Crippen LogP contribution in [0.1, 0.15) is 46.0 Å². The molecule has 1 saturated carbocycles. The highest BCUT2D eigenvalue weighted by Gasteiger charge is 2.24. The van der Waals surface area contributed by atoms with Crippen molar-refractivity contribution >= 4 is 59.5 Å². The molecule has 180 valence electrons. The van der Waals surface area contributed by atoms with Gasteiger partial charge in [0.05, 0.1) is 26.5 Å². The zero-order chi connectivity index (χ0) is 24.3. The van der Waals surface area contributed by atoms with Gasteiger partial charge in [-0.15, -0.1) is 10.2 Å². The van der Waals surface area contributed by atoms with Crippen molar-refractivity contribution in [2.24, 2.45) is 10.2 Å². The van der Waals surface area contributed by atoms with Crippen molar-refractivity contribution in [2.45, 2.75) is 56.9 Å². The van der Waals surface area contributed by atoms with Gasteiger partial charge in [0.1, 0.15) is 5.69 Å². The summed E-state index contributed by atoms with van der Waals surface area (Å²) in [5.74, 6) is -0.178. The van der Waals surface area contributed by atoms with Gasteiger partial charge in [-0.2, -0.15) is 0 Å². The lowest BCUT2D eigenvalue weighted by molar-refractivity contribution is -0.114. The third-order valence-corrected chi connectivity index (χ3v) is 8.02. The van der Waals surface area contributed by atoms with Crippen molar-refractivity contribution in [2.75, 3.05) is 23.0 Å². The Kier molecular flexibility index (Phi) is 7.27. The van der Waals surface area contributed by atoms with Crippen molar-refractivity contribution in [3.8, 4) is 0 Å². The molecule has 1 aliphatic carbocycles. The van der Waals surface area contributed by atoms with Gasteiger partial charge >= 0.3 is 0 Å². The van der Waals surface area contributed by atoms with Crippen molar-refractivity contribution in [3.63, 3.8) is 0 Å². The first kappa shape index (κ1) is 24.3. The molecule has 1 fully saturated rings. The van der Waals surface area contributed by atoms with E-state index in [9.17, 15) is 13.2 Å². The van der Waals surface area contributed by atoms with E-state index in [0.29, 0.717) is 28.1 Å². The number of carbonyl (C=O) groups excluding carboxylic acids is 1. The number of azo groups is 1. The van der Waals surface area contributed by atoms with Gasteiger partial charge in [0.15, 0.2) is 9.84 Å². The molecule has 0 aliphatic heterocycles. The Hall–Kier alpha value is -2.85. The fourth-order valence-electron chi connectivity index (χ4n) is 4.44. The van der Waals surface area contributed by atoms with Crippen LogP contribution in [0.3, 0.4) is 0 Å². The maximum atomic E-state index is 11.9. The van der Waals surface area contributed by atoms with E-state index >= 15 is 0 Å². The van der Waals surface area contributed by atoms with Crippen LogP contribution in [0.15, 0.2) is 51.5 Å². The Bertz CT molecular complexity index is 1330. The van der Waals surface area contributed by atoms with Gasteiger partial charge < -0.3 is 10.2 Å². The average molecular weight is 500 g/mol. The summed E-state index contributed by atoms with van der Waals surface area (Å²) in [5.41, 5.74) is 2.80. The number of fused-ring (bicyclic) bond motifs is 1. The zero-order valence-electron chi connectivity index (χ0n) is 19.6. The number of nitrogens with one attached hydrogen (secondary N) is 1. The van der Waals surface area contributed by atoms with Gasteiger partial charge in [0.25, 0.3) is 0 Å². The molecule has 1 amide bonds. The van der Waals surface area contributed by atoms with Gasteiger partial charge in [-0.25, -0.2) is 13.4 Å². The molecule has 8 nitrogen and oxygen atoms in total. The number of amides is 1. The molecular weight excluding hydrogens is 470 g/mol. The largest absolute Gasteiger partial charge is 0.367 e. The molecule has 1 aromatic heterocycles. The van der Waals surface area contributed by atoms with Crippen molar-refractivity contribution < 1.29 is 13.2 Å². The highest BCUT2D eigenvalue weighted by Crippen LogP contribution is 2.41. The molecule has 1 aliphatic rings. The second-order valence-electron chi connectivity index (χ2n) is 8.53. The maximum absolute atomic E-state index is 11.9. The molecule has 3 aromatic rings. The number of nitrogens with zero attached hydrogens (tertiary/aromatic N) is 4. The minimum Gasteiger partial charge on any atom is -0.367 e. The van der Waals surface area contributed by atoms with Gasteiger partial charge in [0, 0.05) is 25.8 Å². The predicted molar refractivity (Wildman–Crippen MR) is 138 cm³/mol. The van der Waals surface area contributed by atoms with Gasteiger partial charge in [-0.1, -0.05) is 36.7 Å². The summed E-state index contributed by atoms with van der Waals surface area (Å²) in [7, 11) is -3.31. The first-order chi connectivity index (χ1) is 16.3. The van der Waals surface area contributed by atoms with Crippen LogP contribution < -0.4 is 10.2 Å². The summed E-state index contributed by atoms with van der Waals surface area (Å²) < 4.78 is 24.5. The lowest BCUT2D eigenvalue weighted by atomic mass is 9.93. The van der Waals surface area contributed by atoms with Crippen LogP contribution >= 0.6 is 11.3 Å². The molecule has 0 atom stereocenters. The van der Waals surface area contributed by atoms with Crippen LogP contribution in [0.5, 0.6) is 0 Å². The van der Waals surface area contributed by atoms with Gasteiger partial charge in [-0.3, -0.25) is 4.79 Å². The number of carbonyl (C=O) groups is 1. The Morgan fingerprint density at radius 3 is 2.62 bits per heavy atom. The normalized spacial score (nSPS) is 15.1. The third-order valence-electron chi connectivity index (χ3n) is 6.00. The number of anilines is 2. The van der Waals surface area contributed by atoms with Crippen LogP contribution in [0.4, 0.5) is 22.2 Å². The molecule has 2 aromatic carbocycles. The highest BCUT2D eigenvalue weighted by molar-refractivity contribution is 7.90. The molecule has 0 saturated heterocycles. The number of benzene rings is 2. The van der Waals surface area contributed by atoms with Gasteiger partial charge in [-0.05, 0) is 50.1 Å². The topological polar surface area (TPSA) is 104 Å². The summed E-state index contributed by atoms with van der Waals surface area (Å²) in [6.07, 6.45) is 7.15. The van der Waals surface area contributed by atoms with E-state index in [2.05, 4.69) is 32.4 Å². The molecular formula is C24H29N5O3S2. The summed E-state index contributed by atoms with van der Waals surface area (Å²) in [5, 5.41) is 12.3. The van der Waals surface area contributed by atoms with Gasteiger partial charge in [0.2, 0.25) is 11.0 Å². The Morgan fingerprint density at radius 1 is 1.18 bits per heavy atom. The van der Waals surface area contributed by atoms with E-state index < -0.39 is 9.84 Å². The molecule has 1 heterocycles. The molecule has 4 rings (SSSR count). The number of thiazole rings is 1. The van der Waals surface area contributed by atoms with Crippen LogP contribution in [0.2, 0.25) is 0 Å². The zero-order valence-corrected chi connectivity index (χ0v) is 21.2. The standard InChI is InChI=1S/C24H29N5O3S2/c1-4-29(17-9-6-5-7-10-17)21-12-8-11-20(25-16(2)30)23(21)27-28-24-26-19-14-13-18(34(3,31)32)15-22(19)33-24/h8,11-15,17H,4-7,9-10H2,1-3H3,(H,25,30)/b28-27+. The third kappa shape index (κ3) is 5.44. The van der Waals surface area contributed by atoms with Crippen LogP contribution in [0.25, 0.3) is 10.2 Å². The summed E-state index contributed by atoms with van der Waals surface area (Å²) in [6, 6.07) is 11.0. The number of sulfone groups is 1. The predicted octanol–water partition coefficient (Wildman–Crippen LogP) is 6.23. The quantitative estimate of drug-likeness (QED) is 0.388. The molecule has 0 unspecified atom stereocenters. The molecule has 0 spiro atoms. The smallest absolute Gasteiger partial charge is 0.231 e. The van der Waals surface area contributed by atoms with E-state index in [1.807, 2.05) is 18.2 Å². The fourth-order valence-corrected chi connectivity index (χ4v) is 5.98. The van der Waals surface area contributed by atoms with Crippen LogP contribution in [0, 0.1) is 0 Å². The Balaban J connectivity index is 1.74. The maximum Gasteiger partial charge on any atom is 0.231 e. The number of hydrogen-bond acceptors (Lipinski definition) is 8. The summed E-state index contributed by atoms with van der Waals surface area (Å²) in [4.78, 5) is 19.0. The summed E-state index contributed by atoms with van der Waals surface area (Å²) >= 11 is 1.28. The molecule has 1 N–H and O–H groups in total. The monoisotopic (exact) mass is 499 g/mol. The lowest BCUT2D eigenvalue weighted by Gasteiger charge is -2.36. The first-order valence-corrected chi connectivity index (χ1v) is 14.2. The summed E-state index contributed by atoms with van der Waals surface area (Å²) in [6.45, 7) is 4.43. The Morgan fingerprint density at radius 2 is 1.94 bits per heavy atom. The SMILES string of the molecule is CCN(c1cccc(NC(C)=O)c1/N=N/c1nc2ccc(S(C)(=O)=O)cc2s1)C1CCCCC1. The fraction of sp³-hybridized carbons (Fsp3) is 0.417. The van der Waals surface area contributed by atoms with E-state index in [1.165, 1.54) is 43.8 Å². The molecule has 0 bridgehead atoms. The Labute approximate surface area is 204 Å². The van der Waals surface area contributed by atoms with Crippen molar-refractivity contribution in [3.05, 3.63) is 36.4 Å². The minimum absolute atomic E-state index is 0.178. The molecule has 0 radical (unpaired) electrons. The van der Waals surface area contributed by atoms with Crippen molar-refractivity contribution in [1.82, 2.24) is 4.98 Å². The molecule has 34 heavy (non-hydrogen) atoms. The number of hydrogen-bond donors (Lipinski definition) is 1. The molecule has 10 heteroatoms.